The molecule has 2 aromatic heterocycles. The topological polar surface area (TPSA) is 69.5 Å². The van der Waals surface area contributed by atoms with Crippen LogP contribution in [0.4, 0.5) is 5.95 Å². The predicted molar refractivity (Wildman–Crippen MR) is 150 cm³/mol. The van der Waals surface area contributed by atoms with Gasteiger partial charge in [0.05, 0.1) is 6.10 Å². The molecule has 0 radical (unpaired) electrons. The highest BCUT2D eigenvalue weighted by atomic mass is 16.3. The molecule has 198 valence electrons. The molecule has 2 aliphatic carbocycles. The predicted octanol–water partition coefficient (Wildman–Crippen LogP) is 4.92. The van der Waals surface area contributed by atoms with Gasteiger partial charge in [-0.25, -0.2) is 4.98 Å². The van der Waals surface area contributed by atoms with Crippen molar-refractivity contribution < 1.29 is 5.11 Å². The van der Waals surface area contributed by atoms with Crippen LogP contribution in [0, 0.1) is 5.92 Å². The van der Waals surface area contributed by atoms with Gasteiger partial charge in [0, 0.05) is 68.2 Å². The molecule has 0 bridgehead atoms. The Morgan fingerprint density at radius 3 is 2.43 bits per heavy atom. The zero-order chi connectivity index (χ0) is 25.4. The Balaban J connectivity index is 1.27. The molecule has 7 heteroatoms. The molecule has 1 aromatic carbocycles. The second-order valence-corrected chi connectivity index (χ2v) is 11.8. The summed E-state index contributed by atoms with van der Waals surface area (Å²) in [5.74, 6) is 1.60. The van der Waals surface area contributed by atoms with E-state index in [1.165, 1.54) is 36.0 Å². The molecule has 3 aliphatic rings. The molecule has 3 fully saturated rings. The van der Waals surface area contributed by atoms with Crippen molar-refractivity contribution in [1.82, 2.24) is 24.3 Å². The van der Waals surface area contributed by atoms with Gasteiger partial charge in [0.2, 0.25) is 5.95 Å². The normalized spacial score (nSPS) is 24.4. The molecular formula is C30H42N6O. The number of aliphatic hydroxyl groups is 1. The quantitative estimate of drug-likeness (QED) is 0.456. The third-order valence-corrected chi connectivity index (χ3v) is 8.66. The highest BCUT2D eigenvalue weighted by Gasteiger charge is 2.26. The Morgan fingerprint density at radius 1 is 1.00 bits per heavy atom. The Bertz CT molecular complexity index is 1190. The Hall–Kier alpha value is -2.48. The van der Waals surface area contributed by atoms with Crippen molar-refractivity contribution in [3.8, 4) is 11.1 Å². The lowest BCUT2D eigenvalue weighted by molar-refractivity contribution is 0.111. The number of rotatable bonds is 8. The van der Waals surface area contributed by atoms with E-state index in [2.05, 4.69) is 64.1 Å². The van der Waals surface area contributed by atoms with Crippen LogP contribution < -0.4 is 5.32 Å². The number of benzene rings is 1. The highest BCUT2D eigenvalue weighted by Crippen LogP contribution is 2.37. The maximum Gasteiger partial charge on any atom is 0.224 e. The number of fused-ring (bicyclic) bond motifs is 1. The summed E-state index contributed by atoms with van der Waals surface area (Å²) in [6.07, 6.45) is 11.7. The summed E-state index contributed by atoms with van der Waals surface area (Å²) >= 11 is 0. The minimum Gasteiger partial charge on any atom is -0.393 e. The molecule has 0 amide bonds. The highest BCUT2D eigenvalue weighted by molar-refractivity contribution is 5.94. The molecule has 6 rings (SSSR count). The van der Waals surface area contributed by atoms with E-state index in [1.54, 1.807) is 0 Å². The lowest BCUT2D eigenvalue weighted by Gasteiger charge is -2.32. The van der Waals surface area contributed by atoms with Gasteiger partial charge in [0.1, 0.15) is 5.65 Å². The molecule has 3 aromatic rings. The Morgan fingerprint density at radius 2 is 1.73 bits per heavy atom. The van der Waals surface area contributed by atoms with E-state index in [9.17, 15) is 5.11 Å². The van der Waals surface area contributed by atoms with Crippen molar-refractivity contribution in [3.05, 3.63) is 42.2 Å². The zero-order valence-corrected chi connectivity index (χ0v) is 22.4. The van der Waals surface area contributed by atoms with Gasteiger partial charge in [-0.15, -0.1) is 0 Å². The van der Waals surface area contributed by atoms with Crippen molar-refractivity contribution in [2.24, 2.45) is 5.92 Å². The van der Waals surface area contributed by atoms with E-state index in [0.29, 0.717) is 12.1 Å². The van der Waals surface area contributed by atoms with Crippen molar-refractivity contribution >= 4 is 17.0 Å². The van der Waals surface area contributed by atoms with Gasteiger partial charge in [-0.2, -0.15) is 4.98 Å². The number of hydrogen-bond acceptors (Lipinski definition) is 6. The van der Waals surface area contributed by atoms with Crippen LogP contribution in [0.5, 0.6) is 0 Å². The zero-order valence-electron chi connectivity index (χ0n) is 22.4. The van der Waals surface area contributed by atoms with Gasteiger partial charge in [-0.3, -0.25) is 4.90 Å². The lowest BCUT2D eigenvalue weighted by Crippen LogP contribution is -2.43. The van der Waals surface area contributed by atoms with E-state index in [-0.39, 0.29) is 6.10 Å². The van der Waals surface area contributed by atoms with Gasteiger partial charge in [-0.1, -0.05) is 37.1 Å². The fourth-order valence-electron chi connectivity index (χ4n) is 6.13. The van der Waals surface area contributed by atoms with Crippen molar-refractivity contribution in [3.63, 3.8) is 0 Å². The molecule has 1 aliphatic heterocycles. The minimum atomic E-state index is -0.166. The summed E-state index contributed by atoms with van der Waals surface area (Å²) in [5, 5.41) is 14.8. The maximum atomic E-state index is 10.1. The fourth-order valence-corrected chi connectivity index (χ4v) is 6.13. The van der Waals surface area contributed by atoms with Gasteiger partial charge >= 0.3 is 0 Å². The number of anilines is 1. The molecule has 2 N–H and O–H groups in total. The molecular weight excluding hydrogens is 460 g/mol. The molecule has 1 unspecified atom stereocenters. The van der Waals surface area contributed by atoms with Crippen LogP contribution in [0.2, 0.25) is 0 Å². The third kappa shape index (κ3) is 5.84. The van der Waals surface area contributed by atoms with Gasteiger partial charge < -0.3 is 19.9 Å². The minimum absolute atomic E-state index is 0.166. The number of nitrogens with one attached hydrogen (secondary N) is 1. The van der Waals surface area contributed by atoms with Crippen LogP contribution in [0.3, 0.4) is 0 Å². The van der Waals surface area contributed by atoms with Crippen LogP contribution in [-0.4, -0.2) is 74.8 Å². The number of nitrogens with zero attached hydrogens (tertiary/aromatic N) is 5. The van der Waals surface area contributed by atoms with Crippen LogP contribution in [0.15, 0.2) is 36.7 Å². The first-order valence-electron chi connectivity index (χ1n) is 14.3. The second-order valence-electron chi connectivity index (χ2n) is 11.8. The van der Waals surface area contributed by atoms with E-state index >= 15 is 0 Å². The Labute approximate surface area is 220 Å². The van der Waals surface area contributed by atoms with Crippen molar-refractivity contribution in [1.29, 1.82) is 0 Å². The van der Waals surface area contributed by atoms with Gasteiger partial charge in [0.25, 0.3) is 0 Å². The number of likely N-dealkylation sites (N-methyl/N-ethyl adjacent to an activating group) is 1. The van der Waals surface area contributed by atoms with Crippen molar-refractivity contribution in [2.45, 2.75) is 76.6 Å². The first-order valence-corrected chi connectivity index (χ1v) is 14.3. The van der Waals surface area contributed by atoms with Crippen LogP contribution in [0.1, 0.15) is 63.5 Å². The summed E-state index contributed by atoms with van der Waals surface area (Å²) in [7, 11) is 2.20. The summed E-state index contributed by atoms with van der Waals surface area (Å²) in [6, 6.07) is 9.83. The van der Waals surface area contributed by atoms with E-state index in [4.69, 9.17) is 9.97 Å². The summed E-state index contributed by atoms with van der Waals surface area (Å²) < 4.78 is 2.37. The average Bonchev–Trinajstić information content (AvgIpc) is 3.64. The summed E-state index contributed by atoms with van der Waals surface area (Å²) in [6.45, 7) is 7.81. The van der Waals surface area contributed by atoms with Crippen LogP contribution in [0.25, 0.3) is 22.2 Å². The lowest BCUT2D eigenvalue weighted by atomic mass is 9.93. The smallest absolute Gasteiger partial charge is 0.224 e. The van der Waals surface area contributed by atoms with Crippen LogP contribution >= 0.6 is 0 Å². The van der Waals surface area contributed by atoms with Gasteiger partial charge in [0.15, 0.2) is 0 Å². The number of aromatic nitrogens is 3. The molecule has 7 nitrogen and oxygen atoms in total. The largest absolute Gasteiger partial charge is 0.393 e. The summed E-state index contributed by atoms with van der Waals surface area (Å²) in [4.78, 5) is 14.7. The molecule has 37 heavy (non-hydrogen) atoms. The number of piperazine rings is 1. The third-order valence-electron chi connectivity index (χ3n) is 8.66. The van der Waals surface area contributed by atoms with Crippen molar-refractivity contribution in [2.75, 3.05) is 38.5 Å². The molecule has 0 spiro atoms. The SMILES string of the molecule is CC(CC1CC1)Nc1ncc2c(-c3ccc(CN4CCN(C)CC4)cc3)cn([C@H]3CC[C@H](O)CC3)c2n1. The molecule has 1 saturated heterocycles. The fraction of sp³-hybridized carbons (Fsp3) is 0.600. The monoisotopic (exact) mass is 502 g/mol. The van der Waals surface area contributed by atoms with E-state index in [0.717, 1.165) is 81.3 Å². The maximum absolute atomic E-state index is 10.1. The number of aliphatic hydroxyl groups excluding tert-OH is 1. The van der Waals surface area contributed by atoms with Gasteiger partial charge in [-0.05, 0) is 63.1 Å². The molecule has 3 heterocycles. The standard InChI is InChI=1S/C30H42N6O/c1-21(17-22-3-4-22)32-30-31-18-27-28(20-36(29(27)33-30)25-9-11-26(37)12-10-25)24-7-5-23(6-8-24)19-35-15-13-34(2)14-16-35/h5-8,18,20-22,25-26,37H,3-4,9-17,19H2,1-2H3,(H,31,32,33)/t21?,25-,26-. The Kier molecular flexibility index (Phi) is 7.19. The van der Waals surface area contributed by atoms with E-state index < -0.39 is 0 Å². The molecule has 2 saturated carbocycles. The van der Waals surface area contributed by atoms with Crippen LogP contribution in [-0.2, 0) is 6.54 Å². The molecule has 1 atom stereocenters. The summed E-state index contributed by atoms with van der Waals surface area (Å²) in [5.41, 5.74) is 4.79. The van der Waals surface area contributed by atoms with E-state index in [1.807, 2.05) is 6.20 Å². The first-order chi connectivity index (χ1) is 18.0. The number of hydrogen-bond donors (Lipinski definition) is 2. The first kappa shape index (κ1) is 24.8. The average molecular weight is 503 g/mol. The second kappa shape index (κ2) is 10.7.